The lowest BCUT2D eigenvalue weighted by atomic mass is 10.2. The van der Waals surface area contributed by atoms with E-state index in [1.54, 1.807) is 38.3 Å². The van der Waals surface area contributed by atoms with E-state index >= 15 is 0 Å². The van der Waals surface area contributed by atoms with E-state index in [2.05, 4.69) is 10.6 Å². The molecule has 0 aliphatic heterocycles. The zero-order valence-electron chi connectivity index (χ0n) is 15.2. The fourth-order valence-corrected chi connectivity index (χ4v) is 4.04. The fourth-order valence-electron chi connectivity index (χ4n) is 2.54. The van der Waals surface area contributed by atoms with Gasteiger partial charge < -0.3 is 9.73 Å². The van der Waals surface area contributed by atoms with Gasteiger partial charge in [0, 0.05) is 18.8 Å². The Morgan fingerprint density at radius 3 is 2.54 bits per heavy atom. The van der Waals surface area contributed by atoms with E-state index < -0.39 is 10.0 Å². The average Bonchev–Trinajstić information content (AvgIpc) is 3.15. The highest BCUT2D eigenvalue weighted by Gasteiger charge is 2.21. The van der Waals surface area contributed by atoms with Crippen LogP contribution in [-0.4, -0.2) is 38.3 Å². The largest absolute Gasteiger partial charge is 0.468 e. The van der Waals surface area contributed by atoms with Crippen LogP contribution in [0.3, 0.4) is 0 Å². The third-order valence-corrected chi connectivity index (χ3v) is 6.05. The Morgan fingerprint density at radius 2 is 1.92 bits per heavy atom. The van der Waals surface area contributed by atoms with Crippen LogP contribution in [-0.2, 0) is 14.8 Å². The summed E-state index contributed by atoms with van der Waals surface area (Å²) in [4.78, 5) is 12.3. The van der Waals surface area contributed by atoms with Crippen LogP contribution < -0.4 is 10.6 Å². The zero-order chi connectivity index (χ0) is 19.2. The summed E-state index contributed by atoms with van der Waals surface area (Å²) >= 11 is 0. The van der Waals surface area contributed by atoms with Gasteiger partial charge in [0.1, 0.15) is 5.76 Å². The van der Waals surface area contributed by atoms with Crippen molar-refractivity contribution in [3.8, 4) is 0 Å². The Morgan fingerprint density at radius 1 is 1.19 bits per heavy atom. The second kappa shape index (κ2) is 8.98. The molecule has 1 heterocycles. The maximum Gasteiger partial charge on any atom is 0.243 e. The summed E-state index contributed by atoms with van der Waals surface area (Å²) in [5.74, 6) is 0.478. The number of furan rings is 1. The normalized spacial score (nSPS) is 12.9. The Hall–Kier alpha value is -2.16. The second-order valence-corrected chi connectivity index (χ2v) is 7.72. The molecule has 26 heavy (non-hydrogen) atoms. The van der Waals surface area contributed by atoms with Gasteiger partial charge in [0.15, 0.2) is 0 Å². The van der Waals surface area contributed by atoms with Crippen molar-refractivity contribution in [1.29, 1.82) is 0 Å². The number of benzene rings is 1. The second-order valence-electron chi connectivity index (χ2n) is 5.78. The SMILES string of the molecule is CCN(CC)S(=O)(=O)c1cccc(NC(=O)CN[C@@H](C)c2ccco2)c1. The monoisotopic (exact) mass is 379 g/mol. The lowest BCUT2D eigenvalue weighted by molar-refractivity contribution is -0.115. The summed E-state index contributed by atoms with van der Waals surface area (Å²) in [6.07, 6.45) is 1.58. The molecule has 2 aromatic rings. The number of anilines is 1. The topological polar surface area (TPSA) is 91.7 Å². The summed E-state index contributed by atoms with van der Waals surface area (Å²) in [6, 6.07) is 9.79. The van der Waals surface area contributed by atoms with Crippen LogP contribution in [0.1, 0.15) is 32.6 Å². The van der Waals surface area contributed by atoms with Gasteiger partial charge in [0.25, 0.3) is 0 Å². The number of nitrogens with one attached hydrogen (secondary N) is 2. The molecule has 1 atom stereocenters. The van der Waals surface area contributed by atoms with E-state index in [4.69, 9.17) is 4.42 Å². The van der Waals surface area contributed by atoms with Crippen LogP contribution in [0, 0.1) is 0 Å². The van der Waals surface area contributed by atoms with Crippen molar-refractivity contribution in [2.45, 2.75) is 31.7 Å². The number of carbonyl (C=O) groups excluding carboxylic acids is 1. The predicted octanol–water partition coefficient (Wildman–Crippen LogP) is 2.60. The van der Waals surface area contributed by atoms with Crippen LogP contribution in [0.15, 0.2) is 52.0 Å². The van der Waals surface area contributed by atoms with Crippen molar-refractivity contribution < 1.29 is 17.6 Å². The van der Waals surface area contributed by atoms with Crippen molar-refractivity contribution in [3.05, 3.63) is 48.4 Å². The van der Waals surface area contributed by atoms with Crippen LogP contribution >= 0.6 is 0 Å². The molecule has 142 valence electrons. The molecule has 1 aromatic carbocycles. The molecule has 2 N–H and O–H groups in total. The minimum absolute atomic E-state index is 0.0783. The standard InChI is InChI=1S/C18H25N3O4S/c1-4-21(5-2)26(23,24)16-9-6-8-15(12-16)20-18(22)13-19-14(3)17-10-7-11-25-17/h6-12,14,19H,4-5,13H2,1-3H3,(H,20,22)/t14-/m0/s1. The average molecular weight is 379 g/mol. The van der Waals surface area contributed by atoms with Gasteiger partial charge in [-0.05, 0) is 37.3 Å². The third-order valence-electron chi connectivity index (χ3n) is 4.00. The first-order chi connectivity index (χ1) is 12.4. The van der Waals surface area contributed by atoms with E-state index in [1.807, 2.05) is 13.0 Å². The fraction of sp³-hybridized carbons (Fsp3) is 0.389. The number of hydrogen-bond donors (Lipinski definition) is 2. The van der Waals surface area contributed by atoms with Crippen LogP contribution in [0.2, 0.25) is 0 Å². The molecule has 1 aromatic heterocycles. The number of hydrogen-bond acceptors (Lipinski definition) is 5. The number of amides is 1. The van der Waals surface area contributed by atoms with Crippen LogP contribution in [0.25, 0.3) is 0 Å². The maximum absolute atomic E-state index is 12.6. The van der Waals surface area contributed by atoms with Crippen molar-refractivity contribution in [1.82, 2.24) is 9.62 Å². The van der Waals surface area contributed by atoms with Gasteiger partial charge in [-0.3, -0.25) is 10.1 Å². The third kappa shape index (κ3) is 4.94. The highest BCUT2D eigenvalue weighted by Crippen LogP contribution is 2.19. The van der Waals surface area contributed by atoms with E-state index in [-0.39, 0.29) is 23.4 Å². The van der Waals surface area contributed by atoms with Gasteiger partial charge in [-0.1, -0.05) is 19.9 Å². The lowest BCUT2D eigenvalue weighted by Gasteiger charge is -2.19. The molecule has 0 aliphatic rings. The van der Waals surface area contributed by atoms with E-state index in [1.165, 1.54) is 16.4 Å². The molecule has 7 nitrogen and oxygen atoms in total. The first kappa shape index (κ1) is 20.2. The van der Waals surface area contributed by atoms with Crippen molar-refractivity contribution in [3.63, 3.8) is 0 Å². The molecular weight excluding hydrogens is 354 g/mol. The number of carbonyl (C=O) groups is 1. The minimum Gasteiger partial charge on any atom is -0.468 e. The molecule has 2 rings (SSSR count). The van der Waals surface area contributed by atoms with E-state index in [0.717, 1.165) is 5.76 Å². The zero-order valence-corrected chi connectivity index (χ0v) is 16.0. The molecule has 0 spiro atoms. The quantitative estimate of drug-likeness (QED) is 0.699. The summed E-state index contributed by atoms with van der Waals surface area (Å²) in [6.45, 7) is 6.34. The van der Waals surface area contributed by atoms with Gasteiger partial charge in [0.05, 0.1) is 23.7 Å². The first-order valence-electron chi connectivity index (χ1n) is 8.55. The Kier molecular flexibility index (Phi) is 6.96. The molecule has 0 bridgehead atoms. The molecule has 0 saturated carbocycles. The predicted molar refractivity (Wildman–Crippen MR) is 100 cm³/mol. The summed E-state index contributed by atoms with van der Waals surface area (Å²) < 4.78 is 31.8. The molecule has 8 heteroatoms. The molecule has 0 saturated heterocycles. The van der Waals surface area contributed by atoms with Gasteiger partial charge >= 0.3 is 0 Å². The Balaban J connectivity index is 2.00. The van der Waals surface area contributed by atoms with Crippen molar-refractivity contribution in [2.75, 3.05) is 25.0 Å². The van der Waals surface area contributed by atoms with Crippen molar-refractivity contribution in [2.24, 2.45) is 0 Å². The molecule has 0 unspecified atom stereocenters. The summed E-state index contributed by atoms with van der Waals surface area (Å²) in [5.41, 5.74) is 0.440. The van der Waals surface area contributed by atoms with Crippen LogP contribution in [0.4, 0.5) is 5.69 Å². The summed E-state index contributed by atoms with van der Waals surface area (Å²) in [7, 11) is -3.56. The Bertz CT molecular complexity index is 815. The molecule has 1 amide bonds. The number of sulfonamides is 1. The van der Waals surface area contributed by atoms with Gasteiger partial charge in [-0.25, -0.2) is 8.42 Å². The summed E-state index contributed by atoms with van der Waals surface area (Å²) in [5, 5.41) is 5.77. The maximum atomic E-state index is 12.6. The minimum atomic E-state index is -3.56. The molecule has 0 radical (unpaired) electrons. The molecule has 0 fully saturated rings. The lowest BCUT2D eigenvalue weighted by Crippen LogP contribution is -2.31. The van der Waals surface area contributed by atoms with Gasteiger partial charge in [-0.15, -0.1) is 0 Å². The van der Waals surface area contributed by atoms with Gasteiger partial charge in [-0.2, -0.15) is 4.31 Å². The van der Waals surface area contributed by atoms with E-state index in [9.17, 15) is 13.2 Å². The van der Waals surface area contributed by atoms with Gasteiger partial charge in [0.2, 0.25) is 15.9 Å². The molecular formula is C18H25N3O4S. The number of rotatable bonds is 9. The molecule has 0 aliphatic carbocycles. The Labute approximate surface area is 154 Å². The highest BCUT2D eigenvalue weighted by molar-refractivity contribution is 7.89. The highest BCUT2D eigenvalue weighted by atomic mass is 32.2. The van der Waals surface area contributed by atoms with Crippen molar-refractivity contribution >= 4 is 21.6 Å². The first-order valence-corrected chi connectivity index (χ1v) is 9.99. The smallest absolute Gasteiger partial charge is 0.243 e. The van der Waals surface area contributed by atoms with E-state index in [0.29, 0.717) is 18.8 Å². The van der Waals surface area contributed by atoms with Crippen LogP contribution in [0.5, 0.6) is 0 Å². The number of nitrogens with zero attached hydrogens (tertiary/aromatic N) is 1.